The Bertz CT molecular complexity index is 566. The van der Waals surface area contributed by atoms with E-state index < -0.39 is 0 Å². The summed E-state index contributed by atoms with van der Waals surface area (Å²) < 4.78 is 0. The Hall–Kier alpha value is -1.55. The Kier molecular flexibility index (Phi) is 6.35. The molecule has 1 amide bonds. The van der Waals surface area contributed by atoms with Gasteiger partial charge in [0.2, 0.25) is 5.91 Å². The van der Waals surface area contributed by atoms with Gasteiger partial charge in [-0.25, -0.2) is 0 Å². The van der Waals surface area contributed by atoms with Crippen molar-refractivity contribution < 1.29 is 4.79 Å². The first-order valence-corrected chi connectivity index (χ1v) is 10.0. The summed E-state index contributed by atoms with van der Waals surface area (Å²) in [5.74, 6) is 0.368. The van der Waals surface area contributed by atoms with Crippen LogP contribution in [0.4, 0.5) is 5.69 Å². The third kappa shape index (κ3) is 4.75. The molecule has 2 aliphatic rings. The van der Waals surface area contributed by atoms with Crippen LogP contribution in [0.5, 0.6) is 0 Å². The van der Waals surface area contributed by atoms with Gasteiger partial charge in [-0.3, -0.25) is 9.69 Å². The van der Waals surface area contributed by atoms with Gasteiger partial charge in [0, 0.05) is 57.4 Å². The molecule has 0 aliphatic carbocycles. The van der Waals surface area contributed by atoms with E-state index in [0.717, 1.165) is 45.7 Å². The average Bonchev–Trinajstić information content (AvgIpc) is 2.66. The molecule has 0 bridgehead atoms. The fourth-order valence-electron chi connectivity index (χ4n) is 4.21. The first kappa shape index (κ1) is 18.2. The van der Waals surface area contributed by atoms with Crippen molar-refractivity contribution in [3.8, 4) is 0 Å². The van der Waals surface area contributed by atoms with Crippen molar-refractivity contribution in [2.75, 3.05) is 44.2 Å². The highest BCUT2D eigenvalue weighted by Crippen LogP contribution is 2.21. The predicted octanol–water partition coefficient (Wildman–Crippen LogP) is 3.30. The van der Waals surface area contributed by atoms with Gasteiger partial charge in [-0.2, -0.15) is 0 Å². The molecule has 2 aliphatic heterocycles. The minimum absolute atomic E-state index is 0.368. The Balaban J connectivity index is 1.44. The van der Waals surface area contributed by atoms with E-state index in [1.807, 2.05) is 0 Å². The zero-order chi connectivity index (χ0) is 17.6. The number of hydrogen-bond acceptors (Lipinski definition) is 3. The summed E-state index contributed by atoms with van der Waals surface area (Å²) in [4.78, 5) is 19.7. The molecule has 2 fully saturated rings. The SMILES string of the molecule is CCC1CCCCN1C(=O)CCN1CCN(c2cccc(C)c2)CC1. The number of piperidine rings is 1. The Morgan fingerprint density at radius 1 is 1.12 bits per heavy atom. The zero-order valence-electron chi connectivity index (χ0n) is 15.9. The molecule has 1 atom stereocenters. The van der Waals surface area contributed by atoms with Crippen LogP contribution in [-0.4, -0.2) is 61.0 Å². The summed E-state index contributed by atoms with van der Waals surface area (Å²) in [7, 11) is 0. The lowest BCUT2D eigenvalue weighted by Crippen LogP contribution is -2.48. The zero-order valence-corrected chi connectivity index (χ0v) is 15.9. The number of benzene rings is 1. The number of piperazine rings is 1. The van der Waals surface area contributed by atoms with E-state index in [2.05, 4.69) is 52.8 Å². The number of rotatable bonds is 5. The van der Waals surface area contributed by atoms with Gasteiger partial charge in [0.25, 0.3) is 0 Å². The molecule has 138 valence electrons. The van der Waals surface area contributed by atoms with Crippen LogP contribution in [0.2, 0.25) is 0 Å². The second-order valence-electron chi connectivity index (χ2n) is 7.56. The number of nitrogens with zero attached hydrogens (tertiary/aromatic N) is 3. The van der Waals surface area contributed by atoms with Gasteiger partial charge >= 0.3 is 0 Å². The molecule has 1 aromatic carbocycles. The van der Waals surface area contributed by atoms with Crippen LogP contribution in [-0.2, 0) is 4.79 Å². The van der Waals surface area contributed by atoms with E-state index in [-0.39, 0.29) is 0 Å². The number of anilines is 1. The van der Waals surface area contributed by atoms with Crippen LogP contribution in [0, 0.1) is 6.92 Å². The van der Waals surface area contributed by atoms with Gasteiger partial charge in [0.15, 0.2) is 0 Å². The second-order valence-corrected chi connectivity index (χ2v) is 7.56. The fraction of sp³-hybridized carbons (Fsp3) is 0.667. The Labute approximate surface area is 152 Å². The second kappa shape index (κ2) is 8.70. The average molecular weight is 344 g/mol. The molecule has 4 heteroatoms. The molecule has 0 radical (unpaired) electrons. The van der Waals surface area contributed by atoms with Crippen molar-refractivity contribution in [3.05, 3.63) is 29.8 Å². The van der Waals surface area contributed by atoms with E-state index in [4.69, 9.17) is 0 Å². The summed E-state index contributed by atoms with van der Waals surface area (Å²) in [6.45, 7) is 10.5. The third-order valence-corrected chi connectivity index (χ3v) is 5.80. The minimum Gasteiger partial charge on any atom is -0.369 e. The van der Waals surface area contributed by atoms with Crippen LogP contribution in [0.15, 0.2) is 24.3 Å². The van der Waals surface area contributed by atoms with Crippen molar-refractivity contribution in [2.45, 2.75) is 52.0 Å². The van der Waals surface area contributed by atoms with Crippen molar-refractivity contribution in [1.29, 1.82) is 0 Å². The molecule has 0 N–H and O–H groups in total. The predicted molar refractivity (Wildman–Crippen MR) is 104 cm³/mol. The molecule has 1 unspecified atom stereocenters. The maximum atomic E-state index is 12.6. The van der Waals surface area contributed by atoms with Crippen molar-refractivity contribution >= 4 is 11.6 Å². The van der Waals surface area contributed by atoms with Gasteiger partial charge in [-0.05, 0) is 50.3 Å². The molecule has 25 heavy (non-hydrogen) atoms. The molecule has 2 heterocycles. The Morgan fingerprint density at radius 2 is 1.92 bits per heavy atom. The molecule has 0 aromatic heterocycles. The number of carbonyl (C=O) groups excluding carboxylic acids is 1. The highest BCUT2D eigenvalue weighted by Gasteiger charge is 2.26. The van der Waals surface area contributed by atoms with E-state index in [1.165, 1.54) is 30.5 Å². The largest absolute Gasteiger partial charge is 0.369 e. The summed E-state index contributed by atoms with van der Waals surface area (Å²) >= 11 is 0. The summed E-state index contributed by atoms with van der Waals surface area (Å²) in [5.41, 5.74) is 2.65. The monoisotopic (exact) mass is 343 g/mol. The van der Waals surface area contributed by atoms with E-state index in [9.17, 15) is 4.79 Å². The summed E-state index contributed by atoms with van der Waals surface area (Å²) in [5, 5.41) is 0. The van der Waals surface area contributed by atoms with Gasteiger partial charge in [-0.1, -0.05) is 19.1 Å². The maximum Gasteiger partial charge on any atom is 0.224 e. The third-order valence-electron chi connectivity index (χ3n) is 5.80. The van der Waals surface area contributed by atoms with Gasteiger partial charge in [0.05, 0.1) is 0 Å². The summed E-state index contributed by atoms with van der Waals surface area (Å²) in [6.07, 6.45) is 5.43. The lowest BCUT2D eigenvalue weighted by Gasteiger charge is -2.38. The molecular weight excluding hydrogens is 310 g/mol. The normalized spacial score (nSPS) is 22.2. The molecule has 2 saturated heterocycles. The van der Waals surface area contributed by atoms with E-state index in [0.29, 0.717) is 18.4 Å². The minimum atomic E-state index is 0.368. The highest BCUT2D eigenvalue weighted by molar-refractivity contribution is 5.76. The summed E-state index contributed by atoms with van der Waals surface area (Å²) in [6, 6.07) is 9.24. The van der Waals surface area contributed by atoms with Gasteiger partial charge < -0.3 is 9.80 Å². The molecule has 0 spiro atoms. The standard InChI is InChI=1S/C21H33N3O/c1-3-19-8-4-5-11-24(19)21(25)10-12-22-13-15-23(16-14-22)20-9-6-7-18(2)17-20/h6-7,9,17,19H,3-5,8,10-16H2,1-2H3. The van der Waals surface area contributed by atoms with E-state index >= 15 is 0 Å². The number of carbonyl (C=O) groups is 1. The van der Waals surface area contributed by atoms with Crippen LogP contribution >= 0.6 is 0 Å². The molecule has 1 aromatic rings. The van der Waals surface area contributed by atoms with Crippen molar-refractivity contribution in [1.82, 2.24) is 9.80 Å². The number of amides is 1. The van der Waals surface area contributed by atoms with Gasteiger partial charge in [-0.15, -0.1) is 0 Å². The molecule has 4 nitrogen and oxygen atoms in total. The van der Waals surface area contributed by atoms with Crippen LogP contribution in [0.1, 0.15) is 44.6 Å². The molecule has 3 rings (SSSR count). The van der Waals surface area contributed by atoms with Gasteiger partial charge in [0.1, 0.15) is 0 Å². The van der Waals surface area contributed by atoms with Crippen LogP contribution < -0.4 is 4.90 Å². The van der Waals surface area contributed by atoms with Crippen LogP contribution in [0.25, 0.3) is 0 Å². The number of aryl methyl sites for hydroxylation is 1. The molecule has 0 saturated carbocycles. The Morgan fingerprint density at radius 3 is 2.64 bits per heavy atom. The lowest BCUT2D eigenvalue weighted by atomic mass is 9.99. The first-order chi connectivity index (χ1) is 12.2. The van der Waals surface area contributed by atoms with Crippen LogP contribution in [0.3, 0.4) is 0 Å². The molecular formula is C21H33N3O. The topological polar surface area (TPSA) is 26.8 Å². The fourth-order valence-corrected chi connectivity index (χ4v) is 4.21. The maximum absolute atomic E-state index is 12.6. The first-order valence-electron chi connectivity index (χ1n) is 10.0. The van der Waals surface area contributed by atoms with Crippen molar-refractivity contribution in [3.63, 3.8) is 0 Å². The highest BCUT2D eigenvalue weighted by atomic mass is 16.2. The van der Waals surface area contributed by atoms with Crippen molar-refractivity contribution in [2.24, 2.45) is 0 Å². The number of likely N-dealkylation sites (tertiary alicyclic amines) is 1. The van der Waals surface area contributed by atoms with E-state index in [1.54, 1.807) is 0 Å². The quantitative estimate of drug-likeness (QED) is 0.821. The number of hydrogen-bond donors (Lipinski definition) is 0. The lowest BCUT2D eigenvalue weighted by molar-refractivity contribution is -0.135. The smallest absolute Gasteiger partial charge is 0.224 e.